The van der Waals surface area contributed by atoms with Crippen molar-refractivity contribution >= 4 is 11.6 Å². The summed E-state index contributed by atoms with van der Waals surface area (Å²) in [7, 11) is 0. The zero-order chi connectivity index (χ0) is 14.0. The highest BCUT2D eigenvalue weighted by atomic mass is 35.5. The van der Waals surface area contributed by atoms with E-state index in [1.807, 2.05) is 6.92 Å². The maximum absolute atomic E-state index is 12.9. The fourth-order valence-electron chi connectivity index (χ4n) is 1.69. The van der Waals surface area contributed by atoms with Crippen LogP contribution in [0.4, 0.5) is 13.2 Å². The Labute approximate surface area is 113 Å². The van der Waals surface area contributed by atoms with Crippen molar-refractivity contribution in [1.82, 2.24) is 9.97 Å². The van der Waals surface area contributed by atoms with Crippen LogP contribution < -0.4 is 0 Å². The van der Waals surface area contributed by atoms with Gasteiger partial charge in [-0.15, -0.1) is 0 Å². The summed E-state index contributed by atoms with van der Waals surface area (Å²) in [5, 5.41) is 0.138. The van der Waals surface area contributed by atoms with Gasteiger partial charge < -0.3 is 0 Å². The van der Waals surface area contributed by atoms with Crippen LogP contribution in [-0.4, -0.2) is 9.97 Å². The Morgan fingerprint density at radius 2 is 1.84 bits per heavy atom. The van der Waals surface area contributed by atoms with Crippen LogP contribution in [0.2, 0.25) is 5.15 Å². The van der Waals surface area contributed by atoms with E-state index in [1.54, 1.807) is 6.07 Å². The third-order valence-corrected chi connectivity index (χ3v) is 2.78. The molecule has 0 aliphatic carbocycles. The van der Waals surface area contributed by atoms with E-state index < -0.39 is 11.7 Å². The SMILES string of the molecule is CCc1cc(Cl)nc(-c2ccccc2C(F)(F)F)n1. The van der Waals surface area contributed by atoms with E-state index in [2.05, 4.69) is 9.97 Å². The molecule has 0 bridgehead atoms. The van der Waals surface area contributed by atoms with Crippen LogP contribution in [0, 0.1) is 0 Å². The second-order valence-electron chi connectivity index (χ2n) is 3.90. The van der Waals surface area contributed by atoms with E-state index in [0.29, 0.717) is 12.1 Å². The number of aryl methyl sites for hydroxylation is 1. The Morgan fingerprint density at radius 3 is 2.47 bits per heavy atom. The zero-order valence-corrected chi connectivity index (χ0v) is 10.8. The minimum atomic E-state index is -4.45. The number of hydrogen-bond donors (Lipinski definition) is 0. The van der Waals surface area contributed by atoms with Crippen LogP contribution in [0.3, 0.4) is 0 Å². The van der Waals surface area contributed by atoms with Crippen molar-refractivity contribution in [2.75, 3.05) is 0 Å². The quantitative estimate of drug-likeness (QED) is 0.766. The molecule has 0 atom stereocenters. The summed E-state index contributed by atoms with van der Waals surface area (Å²) in [6, 6.07) is 6.73. The predicted molar refractivity (Wildman–Crippen MR) is 66.9 cm³/mol. The third-order valence-electron chi connectivity index (χ3n) is 2.58. The standard InChI is InChI=1S/C13H10ClF3N2/c1-2-8-7-11(14)19-12(18-8)9-5-3-4-6-10(9)13(15,16)17/h3-7H,2H2,1H3. The summed E-state index contributed by atoms with van der Waals surface area (Å²) in [5.41, 5.74) is -0.224. The van der Waals surface area contributed by atoms with Crippen molar-refractivity contribution < 1.29 is 13.2 Å². The fourth-order valence-corrected chi connectivity index (χ4v) is 1.90. The Balaban J connectivity index is 2.62. The molecule has 0 saturated carbocycles. The number of aromatic nitrogens is 2. The van der Waals surface area contributed by atoms with Gasteiger partial charge in [-0.3, -0.25) is 0 Å². The molecule has 0 spiro atoms. The monoisotopic (exact) mass is 286 g/mol. The molecule has 0 fully saturated rings. The van der Waals surface area contributed by atoms with Gasteiger partial charge in [-0.05, 0) is 18.6 Å². The molecule has 1 aromatic carbocycles. The smallest absolute Gasteiger partial charge is 0.233 e. The lowest BCUT2D eigenvalue weighted by Crippen LogP contribution is -2.08. The van der Waals surface area contributed by atoms with Gasteiger partial charge in [-0.2, -0.15) is 13.2 Å². The highest BCUT2D eigenvalue weighted by Gasteiger charge is 2.34. The molecule has 0 saturated heterocycles. The Morgan fingerprint density at radius 1 is 1.16 bits per heavy atom. The topological polar surface area (TPSA) is 25.8 Å². The second kappa shape index (κ2) is 5.17. The lowest BCUT2D eigenvalue weighted by Gasteiger charge is -2.12. The van der Waals surface area contributed by atoms with E-state index >= 15 is 0 Å². The van der Waals surface area contributed by atoms with Gasteiger partial charge in [0.25, 0.3) is 0 Å². The minimum absolute atomic E-state index is 0.00252. The van der Waals surface area contributed by atoms with Gasteiger partial charge in [-0.1, -0.05) is 36.7 Å². The first-order valence-electron chi connectivity index (χ1n) is 5.62. The number of alkyl halides is 3. The highest BCUT2D eigenvalue weighted by Crippen LogP contribution is 2.36. The molecule has 0 aliphatic rings. The number of rotatable bonds is 2. The van der Waals surface area contributed by atoms with Gasteiger partial charge in [0, 0.05) is 11.3 Å². The van der Waals surface area contributed by atoms with Crippen molar-refractivity contribution in [3.05, 3.63) is 46.7 Å². The van der Waals surface area contributed by atoms with E-state index in [4.69, 9.17) is 11.6 Å². The molecule has 2 nitrogen and oxygen atoms in total. The van der Waals surface area contributed by atoms with Crippen LogP contribution in [0.5, 0.6) is 0 Å². The molecule has 19 heavy (non-hydrogen) atoms. The maximum Gasteiger partial charge on any atom is 0.417 e. The van der Waals surface area contributed by atoms with Crippen LogP contribution in [-0.2, 0) is 12.6 Å². The van der Waals surface area contributed by atoms with Gasteiger partial charge in [0.05, 0.1) is 5.56 Å². The van der Waals surface area contributed by atoms with E-state index in [1.165, 1.54) is 18.2 Å². The van der Waals surface area contributed by atoms with Crippen molar-refractivity contribution in [3.8, 4) is 11.4 Å². The molecule has 1 aromatic heterocycles. The van der Waals surface area contributed by atoms with Crippen molar-refractivity contribution in [2.24, 2.45) is 0 Å². The third kappa shape index (κ3) is 3.04. The molecule has 6 heteroatoms. The summed E-state index contributed by atoms with van der Waals surface area (Å²) >= 11 is 5.81. The maximum atomic E-state index is 12.9. The molecule has 0 unspecified atom stereocenters. The van der Waals surface area contributed by atoms with Crippen molar-refractivity contribution in [2.45, 2.75) is 19.5 Å². The van der Waals surface area contributed by atoms with Gasteiger partial charge >= 0.3 is 6.18 Å². The molecule has 1 heterocycles. The molecule has 0 amide bonds. The molecular formula is C13H10ClF3N2. The molecule has 0 aliphatic heterocycles. The van der Waals surface area contributed by atoms with Gasteiger partial charge in [0.15, 0.2) is 5.82 Å². The molecule has 0 N–H and O–H groups in total. The van der Waals surface area contributed by atoms with Crippen LogP contribution in [0.15, 0.2) is 30.3 Å². The first-order valence-corrected chi connectivity index (χ1v) is 5.99. The Hall–Kier alpha value is -1.62. The van der Waals surface area contributed by atoms with Gasteiger partial charge in [0.1, 0.15) is 5.15 Å². The lowest BCUT2D eigenvalue weighted by atomic mass is 10.1. The highest BCUT2D eigenvalue weighted by molar-refractivity contribution is 6.29. The van der Waals surface area contributed by atoms with Crippen LogP contribution in [0.1, 0.15) is 18.2 Å². The molecule has 0 radical (unpaired) electrons. The number of halogens is 4. The Kier molecular flexibility index (Phi) is 3.75. The first kappa shape index (κ1) is 13.8. The average molecular weight is 287 g/mol. The molecule has 100 valence electrons. The normalized spacial score (nSPS) is 11.6. The fraction of sp³-hybridized carbons (Fsp3) is 0.231. The van der Waals surface area contributed by atoms with E-state index in [9.17, 15) is 13.2 Å². The van der Waals surface area contributed by atoms with Crippen LogP contribution in [0.25, 0.3) is 11.4 Å². The largest absolute Gasteiger partial charge is 0.417 e. The molecular weight excluding hydrogens is 277 g/mol. The number of nitrogens with zero attached hydrogens (tertiary/aromatic N) is 2. The van der Waals surface area contributed by atoms with Crippen molar-refractivity contribution in [3.63, 3.8) is 0 Å². The first-order chi connectivity index (χ1) is 8.91. The lowest BCUT2D eigenvalue weighted by molar-refractivity contribution is -0.137. The van der Waals surface area contributed by atoms with E-state index in [0.717, 1.165) is 6.07 Å². The van der Waals surface area contributed by atoms with Gasteiger partial charge in [0.2, 0.25) is 0 Å². The van der Waals surface area contributed by atoms with Crippen molar-refractivity contribution in [1.29, 1.82) is 0 Å². The molecule has 2 rings (SSSR count). The predicted octanol–water partition coefficient (Wildman–Crippen LogP) is 4.38. The zero-order valence-electron chi connectivity index (χ0n) is 10.0. The summed E-state index contributed by atoms with van der Waals surface area (Å²) in [6.07, 6.45) is -3.88. The second-order valence-corrected chi connectivity index (χ2v) is 4.29. The summed E-state index contributed by atoms with van der Waals surface area (Å²) in [4.78, 5) is 7.98. The molecule has 2 aromatic rings. The number of hydrogen-bond acceptors (Lipinski definition) is 2. The summed E-state index contributed by atoms with van der Waals surface area (Å²) in [5.74, 6) is -0.00252. The minimum Gasteiger partial charge on any atom is -0.233 e. The average Bonchev–Trinajstić information content (AvgIpc) is 2.37. The number of benzene rings is 1. The van der Waals surface area contributed by atoms with Gasteiger partial charge in [-0.25, -0.2) is 9.97 Å². The summed E-state index contributed by atoms with van der Waals surface area (Å²) < 4.78 is 38.8. The van der Waals surface area contributed by atoms with E-state index in [-0.39, 0.29) is 16.5 Å². The summed E-state index contributed by atoms with van der Waals surface area (Å²) in [6.45, 7) is 1.85. The van der Waals surface area contributed by atoms with Crippen LogP contribution >= 0.6 is 11.6 Å². The Bertz CT molecular complexity index is 597.